The van der Waals surface area contributed by atoms with Gasteiger partial charge in [-0.3, -0.25) is 0 Å². The topological polar surface area (TPSA) is 68.2 Å². The third kappa shape index (κ3) is 6.44. The van der Waals surface area contributed by atoms with Gasteiger partial charge >= 0.3 is 0 Å². The summed E-state index contributed by atoms with van der Waals surface area (Å²) in [6.45, 7) is 6.37. The van der Waals surface area contributed by atoms with Crippen LogP contribution in [0.15, 0.2) is 18.2 Å². The van der Waals surface area contributed by atoms with Crippen molar-refractivity contribution in [2.45, 2.75) is 39.1 Å². The lowest BCUT2D eigenvalue weighted by Gasteiger charge is -2.17. The van der Waals surface area contributed by atoms with E-state index < -0.39 is 12.2 Å². The molecule has 2 unspecified atom stereocenters. The van der Waals surface area contributed by atoms with Gasteiger partial charge < -0.3 is 24.4 Å². The molecule has 5 heteroatoms. The minimum atomic E-state index is -0.694. The van der Waals surface area contributed by atoms with Crippen LogP contribution in [0.3, 0.4) is 0 Å². The van der Waals surface area contributed by atoms with E-state index in [0.29, 0.717) is 12.4 Å². The van der Waals surface area contributed by atoms with Crippen molar-refractivity contribution < 1.29 is 24.4 Å². The first-order valence-corrected chi connectivity index (χ1v) is 7.14. The van der Waals surface area contributed by atoms with Crippen molar-refractivity contribution in [1.82, 2.24) is 0 Å². The van der Waals surface area contributed by atoms with Crippen LogP contribution in [0.2, 0.25) is 0 Å². The molecule has 0 saturated carbocycles. The zero-order valence-electron chi connectivity index (χ0n) is 13.2. The molecule has 0 bridgehead atoms. The summed E-state index contributed by atoms with van der Waals surface area (Å²) in [7, 11) is 1.61. The largest absolute Gasteiger partial charge is 0.491 e. The van der Waals surface area contributed by atoms with Crippen LogP contribution in [-0.2, 0) is 9.47 Å². The van der Waals surface area contributed by atoms with E-state index in [1.807, 2.05) is 26.0 Å². The summed E-state index contributed by atoms with van der Waals surface area (Å²) < 4.78 is 16.0. The quantitative estimate of drug-likeness (QED) is 0.728. The first-order chi connectivity index (χ1) is 9.93. The smallest absolute Gasteiger partial charge is 0.122 e. The average molecular weight is 298 g/mol. The van der Waals surface area contributed by atoms with Crippen LogP contribution in [0, 0.1) is 6.92 Å². The summed E-state index contributed by atoms with van der Waals surface area (Å²) in [6.07, 6.45) is -1.25. The molecule has 120 valence electrons. The van der Waals surface area contributed by atoms with Gasteiger partial charge in [0.15, 0.2) is 0 Å². The van der Waals surface area contributed by atoms with Crippen molar-refractivity contribution >= 4 is 0 Å². The molecule has 0 aliphatic carbocycles. The lowest BCUT2D eigenvalue weighted by atomic mass is 10.1. The predicted molar refractivity (Wildman–Crippen MR) is 80.6 cm³/mol. The monoisotopic (exact) mass is 298 g/mol. The van der Waals surface area contributed by atoms with Crippen molar-refractivity contribution in [1.29, 1.82) is 0 Å². The maximum Gasteiger partial charge on any atom is 0.122 e. The van der Waals surface area contributed by atoms with Gasteiger partial charge in [0.25, 0.3) is 0 Å². The highest BCUT2D eigenvalue weighted by molar-refractivity contribution is 5.36. The van der Waals surface area contributed by atoms with Crippen molar-refractivity contribution in [2.75, 3.05) is 26.9 Å². The van der Waals surface area contributed by atoms with Gasteiger partial charge in [-0.15, -0.1) is 0 Å². The molecule has 0 saturated heterocycles. The second-order valence-electron chi connectivity index (χ2n) is 5.27. The van der Waals surface area contributed by atoms with Crippen LogP contribution < -0.4 is 4.74 Å². The molecule has 0 fully saturated rings. The summed E-state index contributed by atoms with van der Waals surface area (Å²) in [5.41, 5.74) is 1.77. The minimum absolute atomic E-state index is 0.0586. The van der Waals surface area contributed by atoms with E-state index >= 15 is 0 Å². The lowest BCUT2D eigenvalue weighted by molar-refractivity contribution is -0.0423. The minimum Gasteiger partial charge on any atom is -0.491 e. The Morgan fingerprint density at radius 3 is 2.38 bits per heavy atom. The number of ether oxygens (including phenoxy) is 3. The zero-order valence-corrected chi connectivity index (χ0v) is 13.2. The molecule has 3 atom stereocenters. The van der Waals surface area contributed by atoms with Crippen molar-refractivity contribution in [3.05, 3.63) is 29.3 Å². The Morgan fingerprint density at radius 1 is 1.10 bits per heavy atom. The third-order valence-electron chi connectivity index (χ3n) is 3.09. The number of aliphatic hydroxyl groups excluding tert-OH is 2. The number of methoxy groups -OCH3 is 1. The Kier molecular flexibility index (Phi) is 7.67. The molecule has 1 aromatic rings. The maximum absolute atomic E-state index is 9.83. The van der Waals surface area contributed by atoms with E-state index in [4.69, 9.17) is 14.2 Å². The molecule has 0 heterocycles. The first-order valence-electron chi connectivity index (χ1n) is 7.14. The Morgan fingerprint density at radius 2 is 1.81 bits per heavy atom. The molecule has 1 rings (SSSR count). The Hall–Kier alpha value is -1.14. The molecule has 0 aliphatic rings. The van der Waals surface area contributed by atoms with E-state index in [9.17, 15) is 10.2 Å². The molecule has 2 N–H and O–H groups in total. The summed E-state index contributed by atoms with van der Waals surface area (Å²) in [5.74, 6) is 0.698. The van der Waals surface area contributed by atoms with Gasteiger partial charge in [-0.1, -0.05) is 6.07 Å². The predicted octanol–water partition coefficient (Wildman–Crippen LogP) is 1.84. The average Bonchev–Trinajstić information content (AvgIpc) is 2.44. The molecule has 0 amide bonds. The molecule has 0 spiro atoms. The van der Waals surface area contributed by atoms with Crippen molar-refractivity contribution in [3.63, 3.8) is 0 Å². The summed E-state index contributed by atoms with van der Waals surface area (Å²) in [5, 5.41) is 19.3. The number of hydrogen-bond donors (Lipinski definition) is 2. The molecule has 21 heavy (non-hydrogen) atoms. The standard InChI is InChI=1S/C16H26O5/c1-11-7-14(13(3)17)5-6-16(11)21-10-15(18)9-20-12(2)8-19-4/h5-7,12-13,15,17-18H,8-10H2,1-4H3/t12?,13-,15?/m0/s1. The fraction of sp³-hybridized carbons (Fsp3) is 0.625. The van der Waals surface area contributed by atoms with Gasteiger partial charge in [0.1, 0.15) is 18.5 Å². The van der Waals surface area contributed by atoms with Crippen LogP contribution in [0.1, 0.15) is 31.1 Å². The second kappa shape index (κ2) is 9.00. The van der Waals surface area contributed by atoms with Crippen LogP contribution in [-0.4, -0.2) is 49.4 Å². The number of benzene rings is 1. The summed E-state index contributed by atoms with van der Waals surface area (Å²) in [6, 6.07) is 5.50. The lowest BCUT2D eigenvalue weighted by Crippen LogP contribution is -2.27. The molecular weight excluding hydrogens is 272 g/mol. The summed E-state index contributed by atoms with van der Waals surface area (Å²) >= 11 is 0. The van der Waals surface area contributed by atoms with Crippen molar-refractivity contribution in [3.8, 4) is 5.75 Å². The van der Waals surface area contributed by atoms with Gasteiger partial charge in [-0.05, 0) is 44.0 Å². The molecule has 0 aromatic heterocycles. The van der Waals surface area contributed by atoms with Crippen LogP contribution in [0.4, 0.5) is 0 Å². The summed E-state index contributed by atoms with van der Waals surface area (Å²) in [4.78, 5) is 0. The molecule has 0 radical (unpaired) electrons. The zero-order chi connectivity index (χ0) is 15.8. The Balaban J connectivity index is 2.41. The third-order valence-corrected chi connectivity index (χ3v) is 3.09. The Labute approximate surface area is 126 Å². The van der Waals surface area contributed by atoms with Gasteiger partial charge in [-0.2, -0.15) is 0 Å². The van der Waals surface area contributed by atoms with Crippen LogP contribution in [0.25, 0.3) is 0 Å². The van der Waals surface area contributed by atoms with Crippen LogP contribution >= 0.6 is 0 Å². The van der Waals surface area contributed by atoms with E-state index in [2.05, 4.69) is 0 Å². The number of aryl methyl sites for hydroxylation is 1. The fourth-order valence-corrected chi connectivity index (χ4v) is 1.89. The second-order valence-corrected chi connectivity index (χ2v) is 5.27. The van der Waals surface area contributed by atoms with E-state index in [0.717, 1.165) is 11.1 Å². The van der Waals surface area contributed by atoms with Crippen LogP contribution in [0.5, 0.6) is 5.75 Å². The van der Waals surface area contributed by atoms with E-state index in [-0.39, 0.29) is 19.3 Å². The van der Waals surface area contributed by atoms with Crippen molar-refractivity contribution in [2.24, 2.45) is 0 Å². The SMILES string of the molecule is COCC(C)OCC(O)COc1ccc([C@H](C)O)cc1C. The number of aliphatic hydroxyl groups is 2. The van der Waals surface area contributed by atoms with E-state index in [1.54, 1.807) is 20.1 Å². The highest BCUT2D eigenvalue weighted by Crippen LogP contribution is 2.22. The first kappa shape index (κ1) is 17.9. The van der Waals surface area contributed by atoms with Gasteiger partial charge in [-0.25, -0.2) is 0 Å². The fourth-order valence-electron chi connectivity index (χ4n) is 1.89. The van der Waals surface area contributed by atoms with E-state index in [1.165, 1.54) is 0 Å². The highest BCUT2D eigenvalue weighted by Gasteiger charge is 2.11. The Bertz CT molecular complexity index is 419. The molecular formula is C16H26O5. The highest BCUT2D eigenvalue weighted by atomic mass is 16.5. The van der Waals surface area contributed by atoms with Gasteiger partial charge in [0, 0.05) is 7.11 Å². The normalized spacial score (nSPS) is 15.5. The molecule has 5 nitrogen and oxygen atoms in total. The number of rotatable bonds is 9. The number of hydrogen-bond acceptors (Lipinski definition) is 5. The van der Waals surface area contributed by atoms with Gasteiger partial charge in [0.2, 0.25) is 0 Å². The molecule has 1 aromatic carbocycles. The van der Waals surface area contributed by atoms with Gasteiger partial charge in [0.05, 0.1) is 25.4 Å². The maximum atomic E-state index is 9.83. The molecule has 0 aliphatic heterocycles.